The molecule has 0 atom stereocenters. The van der Waals surface area contributed by atoms with Crippen LogP contribution in [0.2, 0.25) is 0 Å². The average molecular weight is 401 g/mol. The first-order valence-corrected chi connectivity index (χ1v) is 10.3. The van der Waals surface area contributed by atoms with E-state index >= 15 is 0 Å². The van der Waals surface area contributed by atoms with Crippen LogP contribution in [0.15, 0.2) is 58.0 Å². The fraction of sp³-hybridized carbons (Fsp3) is 0.200. The lowest BCUT2D eigenvalue weighted by atomic mass is 10.2. The van der Waals surface area contributed by atoms with Crippen LogP contribution in [0.25, 0.3) is 0 Å². The van der Waals surface area contributed by atoms with Gasteiger partial charge in [-0.1, -0.05) is 17.7 Å². The Labute approximate surface area is 166 Å². The number of furan rings is 1. The molecule has 0 radical (unpaired) electrons. The van der Waals surface area contributed by atoms with Gasteiger partial charge in [-0.15, -0.1) is 23.1 Å². The van der Waals surface area contributed by atoms with Gasteiger partial charge in [0.05, 0.1) is 16.1 Å². The van der Waals surface area contributed by atoms with Gasteiger partial charge >= 0.3 is 0 Å². The number of hydrogen-bond acceptors (Lipinski definition) is 5. The predicted molar refractivity (Wildman–Crippen MR) is 110 cm³/mol. The highest BCUT2D eigenvalue weighted by Crippen LogP contribution is 2.27. The van der Waals surface area contributed by atoms with Gasteiger partial charge in [-0.05, 0) is 49.7 Å². The van der Waals surface area contributed by atoms with Crippen LogP contribution in [0.1, 0.15) is 31.4 Å². The molecular formula is C20H20N2O3S2. The fourth-order valence-electron chi connectivity index (χ4n) is 2.40. The molecule has 0 aliphatic carbocycles. The molecule has 2 heterocycles. The maximum atomic E-state index is 12.4. The van der Waals surface area contributed by atoms with Crippen LogP contribution in [-0.4, -0.2) is 24.1 Å². The van der Waals surface area contributed by atoms with Crippen molar-refractivity contribution >= 4 is 39.9 Å². The zero-order valence-electron chi connectivity index (χ0n) is 15.1. The van der Waals surface area contributed by atoms with Crippen molar-refractivity contribution in [2.24, 2.45) is 0 Å². The monoisotopic (exact) mass is 400 g/mol. The number of aryl methyl sites for hydroxylation is 2. The smallest absolute Gasteiger partial charge is 0.291 e. The van der Waals surface area contributed by atoms with E-state index in [0.717, 1.165) is 11.3 Å². The molecule has 7 heteroatoms. The minimum Gasteiger partial charge on any atom is -0.459 e. The number of thioether (sulfide) groups is 1. The second-order valence-corrected chi connectivity index (χ2v) is 8.19. The standard InChI is InChI=1S/C20H20N2O3S2/c1-13-5-7-15(8-6-13)26-11-9-21-20(24)18-14(2)12-17(27-18)22-19(23)16-4-3-10-25-16/h3-8,10,12H,9,11H2,1-2H3,(H,21,24)(H,22,23). The molecule has 2 N–H and O–H groups in total. The number of thiophene rings is 1. The Kier molecular flexibility index (Phi) is 6.36. The molecule has 0 unspecified atom stereocenters. The van der Waals surface area contributed by atoms with E-state index in [1.807, 2.05) is 6.92 Å². The highest BCUT2D eigenvalue weighted by atomic mass is 32.2. The molecule has 0 saturated carbocycles. The van der Waals surface area contributed by atoms with E-state index in [1.54, 1.807) is 30.0 Å². The number of benzene rings is 1. The quantitative estimate of drug-likeness (QED) is 0.444. The fourth-order valence-corrected chi connectivity index (χ4v) is 4.15. The number of nitrogens with one attached hydrogen (secondary N) is 2. The molecule has 0 aliphatic rings. The molecule has 0 spiro atoms. The van der Waals surface area contributed by atoms with Gasteiger partial charge in [-0.2, -0.15) is 0 Å². The Balaban J connectivity index is 1.50. The van der Waals surface area contributed by atoms with Gasteiger partial charge in [0.25, 0.3) is 11.8 Å². The summed E-state index contributed by atoms with van der Waals surface area (Å²) < 4.78 is 5.07. The topological polar surface area (TPSA) is 71.3 Å². The van der Waals surface area contributed by atoms with Crippen LogP contribution < -0.4 is 10.6 Å². The van der Waals surface area contributed by atoms with Crippen molar-refractivity contribution in [1.29, 1.82) is 0 Å². The van der Waals surface area contributed by atoms with E-state index in [1.165, 1.54) is 28.1 Å². The number of anilines is 1. The van der Waals surface area contributed by atoms with Crippen molar-refractivity contribution in [3.05, 3.63) is 70.5 Å². The maximum absolute atomic E-state index is 12.4. The Morgan fingerprint density at radius 3 is 2.59 bits per heavy atom. The van der Waals surface area contributed by atoms with Crippen LogP contribution in [0.5, 0.6) is 0 Å². The van der Waals surface area contributed by atoms with E-state index in [9.17, 15) is 9.59 Å². The summed E-state index contributed by atoms with van der Waals surface area (Å²) in [6.45, 7) is 4.49. The SMILES string of the molecule is Cc1ccc(SCCNC(=O)c2sc(NC(=O)c3ccco3)cc2C)cc1. The summed E-state index contributed by atoms with van der Waals surface area (Å²) in [6.07, 6.45) is 1.45. The van der Waals surface area contributed by atoms with Crippen molar-refractivity contribution < 1.29 is 14.0 Å². The summed E-state index contributed by atoms with van der Waals surface area (Å²) in [6, 6.07) is 13.4. The number of rotatable bonds is 7. The first-order valence-electron chi connectivity index (χ1n) is 8.46. The third-order valence-corrected chi connectivity index (χ3v) is 5.95. The lowest BCUT2D eigenvalue weighted by Crippen LogP contribution is -2.25. The highest BCUT2D eigenvalue weighted by Gasteiger charge is 2.16. The second-order valence-electron chi connectivity index (χ2n) is 5.97. The summed E-state index contributed by atoms with van der Waals surface area (Å²) in [7, 11) is 0. The Hall–Kier alpha value is -2.51. The Bertz CT molecular complexity index is 915. The molecule has 2 amide bonds. The maximum Gasteiger partial charge on any atom is 0.291 e. The van der Waals surface area contributed by atoms with Gasteiger partial charge in [0.1, 0.15) is 0 Å². The van der Waals surface area contributed by atoms with E-state index in [0.29, 0.717) is 16.4 Å². The number of carbonyl (C=O) groups excluding carboxylic acids is 2. The molecule has 1 aromatic carbocycles. The van der Waals surface area contributed by atoms with Crippen molar-refractivity contribution in [2.75, 3.05) is 17.6 Å². The van der Waals surface area contributed by atoms with E-state index in [-0.39, 0.29) is 17.6 Å². The van der Waals surface area contributed by atoms with E-state index in [2.05, 4.69) is 41.8 Å². The molecule has 2 aromatic heterocycles. The van der Waals surface area contributed by atoms with Crippen LogP contribution >= 0.6 is 23.1 Å². The molecule has 27 heavy (non-hydrogen) atoms. The molecule has 3 rings (SSSR count). The Morgan fingerprint density at radius 2 is 1.89 bits per heavy atom. The van der Waals surface area contributed by atoms with Gasteiger partial charge in [-0.25, -0.2) is 0 Å². The van der Waals surface area contributed by atoms with Gasteiger partial charge in [0.2, 0.25) is 0 Å². The normalized spacial score (nSPS) is 10.6. The highest BCUT2D eigenvalue weighted by molar-refractivity contribution is 7.99. The number of hydrogen-bond donors (Lipinski definition) is 2. The Morgan fingerprint density at radius 1 is 1.11 bits per heavy atom. The zero-order chi connectivity index (χ0) is 19.2. The van der Waals surface area contributed by atoms with Crippen molar-refractivity contribution in [3.8, 4) is 0 Å². The third-order valence-electron chi connectivity index (χ3n) is 3.78. The second kappa shape index (κ2) is 8.92. The summed E-state index contributed by atoms with van der Waals surface area (Å²) >= 11 is 2.96. The largest absolute Gasteiger partial charge is 0.459 e. The van der Waals surface area contributed by atoms with Crippen LogP contribution in [0.3, 0.4) is 0 Å². The minimum atomic E-state index is -0.331. The van der Waals surface area contributed by atoms with Gasteiger partial charge in [0.15, 0.2) is 5.76 Å². The zero-order valence-corrected chi connectivity index (χ0v) is 16.7. The molecule has 5 nitrogen and oxygen atoms in total. The number of carbonyl (C=O) groups is 2. The lowest BCUT2D eigenvalue weighted by Gasteiger charge is -2.05. The summed E-state index contributed by atoms with van der Waals surface area (Å²) in [4.78, 5) is 26.2. The minimum absolute atomic E-state index is 0.125. The van der Waals surface area contributed by atoms with Gasteiger partial charge in [-0.3, -0.25) is 9.59 Å². The van der Waals surface area contributed by atoms with E-state index < -0.39 is 0 Å². The van der Waals surface area contributed by atoms with Gasteiger partial charge in [0, 0.05) is 17.2 Å². The van der Waals surface area contributed by atoms with Crippen molar-refractivity contribution in [2.45, 2.75) is 18.7 Å². The van der Waals surface area contributed by atoms with Crippen LogP contribution in [0.4, 0.5) is 5.00 Å². The lowest BCUT2D eigenvalue weighted by molar-refractivity contribution is 0.0958. The number of amides is 2. The first-order chi connectivity index (χ1) is 13.0. The molecule has 3 aromatic rings. The van der Waals surface area contributed by atoms with Gasteiger partial charge < -0.3 is 15.1 Å². The third kappa shape index (κ3) is 5.24. The predicted octanol–water partition coefficient (Wildman–Crippen LogP) is 4.73. The summed E-state index contributed by atoms with van der Waals surface area (Å²) in [5.74, 6) is 0.574. The van der Waals surface area contributed by atoms with E-state index in [4.69, 9.17) is 4.42 Å². The first kappa shape index (κ1) is 19.3. The summed E-state index contributed by atoms with van der Waals surface area (Å²) in [5, 5.41) is 6.31. The van der Waals surface area contributed by atoms with Crippen molar-refractivity contribution in [3.63, 3.8) is 0 Å². The van der Waals surface area contributed by atoms with Crippen LogP contribution in [0, 0.1) is 13.8 Å². The molecule has 140 valence electrons. The van der Waals surface area contributed by atoms with Crippen molar-refractivity contribution in [1.82, 2.24) is 5.32 Å². The molecule has 0 saturated heterocycles. The molecular weight excluding hydrogens is 380 g/mol. The molecule has 0 aliphatic heterocycles. The molecule has 0 bridgehead atoms. The van der Waals surface area contributed by atoms with Crippen LogP contribution in [-0.2, 0) is 0 Å². The molecule has 0 fully saturated rings. The average Bonchev–Trinajstić information content (AvgIpc) is 3.30. The summed E-state index contributed by atoms with van der Waals surface area (Å²) in [5.41, 5.74) is 2.06.